The second-order valence-electron chi connectivity index (χ2n) is 6.35. The molecule has 4 rings (SSSR count). The first-order valence-electron chi connectivity index (χ1n) is 7.86. The highest BCUT2D eigenvalue weighted by Gasteiger charge is 2.71. The number of carbonyl (C=O) groups is 1. The van der Waals surface area contributed by atoms with E-state index in [9.17, 15) is 15.0 Å². The first-order valence-corrected chi connectivity index (χ1v) is 7.86. The largest absolute Gasteiger partial charge is 0.370 e. The van der Waals surface area contributed by atoms with Crippen molar-refractivity contribution in [1.82, 2.24) is 15.5 Å². The molecule has 1 spiro atoms. The molecule has 1 aromatic carbocycles. The van der Waals surface area contributed by atoms with E-state index in [0.29, 0.717) is 5.56 Å². The van der Waals surface area contributed by atoms with Crippen LogP contribution in [-0.2, 0) is 0 Å². The van der Waals surface area contributed by atoms with Crippen molar-refractivity contribution < 1.29 is 15.0 Å². The fourth-order valence-electron chi connectivity index (χ4n) is 3.76. The van der Waals surface area contributed by atoms with Crippen LogP contribution in [0.15, 0.2) is 40.3 Å². The molecule has 0 aromatic heterocycles. The molecular weight excluding hydrogens is 326 g/mol. The fraction of sp³-hybridized carbons (Fsp3) is 0.400. The van der Waals surface area contributed by atoms with E-state index in [1.165, 1.54) is 4.90 Å². The maximum atomic E-state index is 12.4. The summed E-state index contributed by atoms with van der Waals surface area (Å²) in [6.07, 6.45) is 0. The molecule has 3 heterocycles. The third-order valence-corrected chi connectivity index (χ3v) is 4.98. The van der Waals surface area contributed by atoms with E-state index in [2.05, 4.69) is 20.6 Å². The van der Waals surface area contributed by atoms with Gasteiger partial charge in [0.05, 0.1) is 6.54 Å². The minimum Gasteiger partial charge on any atom is -0.370 e. The van der Waals surface area contributed by atoms with Crippen LogP contribution in [0.3, 0.4) is 0 Å². The summed E-state index contributed by atoms with van der Waals surface area (Å²) in [6.45, 7) is 0.214. The van der Waals surface area contributed by atoms with E-state index < -0.39 is 29.4 Å². The van der Waals surface area contributed by atoms with Crippen LogP contribution in [0.4, 0.5) is 0 Å². The number of nitrogens with zero attached hydrogens (tertiary/aromatic N) is 3. The second-order valence-corrected chi connectivity index (χ2v) is 6.35. The quantitative estimate of drug-likeness (QED) is 0.313. The van der Waals surface area contributed by atoms with Crippen LogP contribution in [0.2, 0.25) is 0 Å². The summed E-state index contributed by atoms with van der Waals surface area (Å²) < 4.78 is 0. The number of guanidine groups is 2. The van der Waals surface area contributed by atoms with E-state index in [1.807, 2.05) is 0 Å². The summed E-state index contributed by atoms with van der Waals surface area (Å²) in [5, 5.41) is 27.4. The predicted octanol–water partition coefficient (Wildman–Crippen LogP) is -2.91. The Bertz CT molecular complexity index is 779. The molecule has 0 radical (unpaired) electrons. The average molecular weight is 345 g/mol. The molecule has 1 saturated heterocycles. The first-order chi connectivity index (χ1) is 11.9. The molecule has 3 aliphatic heterocycles. The summed E-state index contributed by atoms with van der Waals surface area (Å²) >= 11 is 0. The topological polar surface area (TPSA) is 162 Å². The number of benzene rings is 1. The molecular formula is C15H19N7O3. The minimum absolute atomic E-state index is 0.0488. The lowest BCUT2D eigenvalue weighted by Crippen LogP contribution is -2.76. The van der Waals surface area contributed by atoms with E-state index in [1.54, 1.807) is 30.3 Å². The first kappa shape index (κ1) is 15.7. The second kappa shape index (κ2) is 5.07. The maximum Gasteiger partial charge on any atom is 0.251 e. The molecule has 1 amide bonds. The third-order valence-electron chi connectivity index (χ3n) is 4.98. The van der Waals surface area contributed by atoms with Crippen molar-refractivity contribution in [2.24, 2.45) is 21.5 Å². The van der Waals surface area contributed by atoms with Gasteiger partial charge in [-0.05, 0) is 12.1 Å². The van der Waals surface area contributed by atoms with Crippen molar-refractivity contribution in [3.63, 3.8) is 0 Å². The van der Waals surface area contributed by atoms with Gasteiger partial charge in [-0.1, -0.05) is 18.2 Å². The molecule has 10 heteroatoms. The molecule has 10 nitrogen and oxygen atoms in total. The van der Waals surface area contributed by atoms with Gasteiger partial charge in [0.1, 0.15) is 12.1 Å². The normalized spacial score (nSPS) is 32.2. The van der Waals surface area contributed by atoms with Gasteiger partial charge in [0.2, 0.25) is 5.79 Å². The highest BCUT2D eigenvalue weighted by atomic mass is 16.5. The minimum atomic E-state index is -2.37. The maximum absolute atomic E-state index is 12.4. The zero-order chi connectivity index (χ0) is 17.8. The van der Waals surface area contributed by atoms with Crippen molar-refractivity contribution in [1.29, 1.82) is 0 Å². The van der Waals surface area contributed by atoms with Crippen LogP contribution in [0, 0.1) is 0 Å². The van der Waals surface area contributed by atoms with Crippen LogP contribution >= 0.6 is 0 Å². The van der Waals surface area contributed by atoms with Crippen molar-refractivity contribution in [2.45, 2.75) is 23.5 Å². The van der Waals surface area contributed by atoms with Crippen molar-refractivity contribution >= 4 is 17.8 Å². The van der Waals surface area contributed by atoms with Crippen LogP contribution < -0.4 is 22.1 Å². The SMILES string of the molecule is NC1=NC2CN=C(N)N3CC(NC(=O)c4ccccc4)C(O)(O)C23N1. The third kappa shape index (κ3) is 2.01. The fourth-order valence-corrected chi connectivity index (χ4v) is 3.76. The van der Waals surface area contributed by atoms with Crippen LogP contribution in [-0.4, -0.2) is 69.6 Å². The molecule has 8 N–H and O–H groups in total. The van der Waals surface area contributed by atoms with Gasteiger partial charge in [-0.3, -0.25) is 9.79 Å². The van der Waals surface area contributed by atoms with Crippen LogP contribution in [0.25, 0.3) is 0 Å². The average Bonchev–Trinajstić information content (AvgIpc) is 3.04. The summed E-state index contributed by atoms with van der Waals surface area (Å²) in [5.41, 5.74) is 10.7. The smallest absolute Gasteiger partial charge is 0.251 e. The van der Waals surface area contributed by atoms with E-state index in [0.717, 1.165) is 0 Å². The molecule has 132 valence electrons. The van der Waals surface area contributed by atoms with Gasteiger partial charge in [0, 0.05) is 12.1 Å². The highest BCUT2D eigenvalue weighted by molar-refractivity contribution is 5.94. The molecule has 3 unspecified atom stereocenters. The van der Waals surface area contributed by atoms with Crippen molar-refractivity contribution in [3.05, 3.63) is 35.9 Å². The summed E-state index contributed by atoms with van der Waals surface area (Å²) in [5.74, 6) is -2.58. The molecule has 3 aliphatic rings. The Morgan fingerprint density at radius 1 is 1.32 bits per heavy atom. The number of hydrogen-bond donors (Lipinski definition) is 6. The van der Waals surface area contributed by atoms with E-state index in [-0.39, 0.29) is 25.0 Å². The highest BCUT2D eigenvalue weighted by Crippen LogP contribution is 2.42. The van der Waals surface area contributed by atoms with Crippen LogP contribution in [0.5, 0.6) is 0 Å². The number of rotatable bonds is 2. The summed E-state index contributed by atoms with van der Waals surface area (Å²) in [6, 6.07) is 6.86. The Hall–Kier alpha value is -2.85. The Kier molecular flexibility index (Phi) is 3.18. The Morgan fingerprint density at radius 2 is 2.04 bits per heavy atom. The molecule has 25 heavy (non-hydrogen) atoms. The molecule has 0 bridgehead atoms. The van der Waals surface area contributed by atoms with Gasteiger partial charge in [-0.2, -0.15) is 0 Å². The molecule has 0 saturated carbocycles. The predicted molar refractivity (Wildman–Crippen MR) is 89.3 cm³/mol. The number of aliphatic hydroxyl groups is 2. The summed E-state index contributed by atoms with van der Waals surface area (Å²) in [4.78, 5) is 22.3. The Morgan fingerprint density at radius 3 is 2.76 bits per heavy atom. The lowest BCUT2D eigenvalue weighted by Gasteiger charge is -2.46. The molecule has 1 aromatic rings. The van der Waals surface area contributed by atoms with Crippen LogP contribution in [0.1, 0.15) is 10.4 Å². The van der Waals surface area contributed by atoms with Gasteiger partial charge in [0.15, 0.2) is 17.6 Å². The van der Waals surface area contributed by atoms with Gasteiger partial charge < -0.3 is 37.2 Å². The van der Waals surface area contributed by atoms with Gasteiger partial charge in [-0.25, -0.2) is 4.99 Å². The van der Waals surface area contributed by atoms with Crippen molar-refractivity contribution in [2.75, 3.05) is 13.1 Å². The van der Waals surface area contributed by atoms with E-state index in [4.69, 9.17) is 11.5 Å². The number of aliphatic imine (C=N–C) groups is 2. The Labute approximate surface area is 143 Å². The zero-order valence-electron chi connectivity index (χ0n) is 13.3. The summed E-state index contributed by atoms with van der Waals surface area (Å²) in [7, 11) is 0. The zero-order valence-corrected chi connectivity index (χ0v) is 13.3. The van der Waals surface area contributed by atoms with Crippen molar-refractivity contribution in [3.8, 4) is 0 Å². The van der Waals surface area contributed by atoms with Gasteiger partial charge in [-0.15, -0.1) is 0 Å². The van der Waals surface area contributed by atoms with Gasteiger partial charge >= 0.3 is 0 Å². The number of carbonyl (C=O) groups excluding carboxylic acids is 1. The molecule has 3 atom stereocenters. The monoisotopic (exact) mass is 345 g/mol. The molecule has 1 fully saturated rings. The number of nitrogens with two attached hydrogens (primary N) is 2. The standard InChI is InChI=1S/C15H19N7O3/c16-12-20-9-6-18-13(17)22-7-10(15(24,25)14(9,22)21-12)19-11(23)8-4-2-1-3-5-8/h1-5,9-10,24-25H,6-7H2,(H2,17,18)(H,19,23)(H3,16,20,21). The van der Waals surface area contributed by atoms with E-state index >= 15 is 0 Å². The number of nitrogens with one attached hydrogen (secondary N) is 2. The molecule has 0 aliphatic carbocycles. The van der Waals surface area contributed by atoms with Gasteiger partial charge in [0.25, 0.3) is 5.91 Å². The number of amides is 1. The lowest BCUT2D eigenvalue weighted by molar-refractivity contribution is -0.228. The lowest BCUT2D eigenvalue weighted by atomic mass is 9.89. The number of hydrogen-bond acceptors (Lipinski definition) is 9. The Balaban J connectivity index is 1.66.